The highest BCUT2D eigenvalue weighted by Gasteiger charge is 2.40. The molecule has 11 nitrogen and oxygen atoms in total. The largest absolute Gasteiger partial charge is 0.460 e. The lowest BCUT2D eigenvalue weighted by atomic mass is 9.86. The molecule has 0 saturated carbocycles. The molecule has 1 aliphatic heterocycles. The maximum atomic E-state index is 13.4. The lowest BCUT2D eigenvalue weighted by molar-refractivity contribution is -0.164. The Bertz CT molecular complexity index is 852. The third-order valence-corrected chi connectivity index (χ3v) is 8.48. The van der Waals surface area contributed by atoms with Gasteiger partial charge in [-0.2, -0.15) is 0 Å². The van der Waals surface area contributed by atoms with Crippen molar-refractivity contribution in [3.63, 3.8) is 0 Å². The maximum Gasteiger partial charge on any atom is 0.331 e. The van der Waals surface area contributed by atoms with Gasteiger partial charge in [0.25, 0.3) is 0 Å². The van der Waals surface area contributed by atoms with Crippen LogP contribution in [-0.2, 0) is 23.9 Å². The number of nitrogens with one attached hydrogen (secondary N) is 3. The summed E-state index contributed by atoms with van der Waals surface area (Å²) in [6, 6.07) is -3.97. The average Bonchev–Trinajstić information content (AvgIpc) is 2.96. The summed E-state index contributed by atoms with van der Waals surface area (Å²) < 4.78 is 5.70. The molecule has 11 heteroatoms. The number of hydrogen-bond donors (Lipinski definition) is 6. The molecule has 1 fully saturated rings. The highest BCUT2D eigenvalue weighted by atomic mass is 16.5. The molecule has 8 atom stereocenters. The van der Waals surface area contributed by atoms with E-state index in [1.807, 2.05) is 0 Å². The Morgan fingerprint density at radius 3 is 1.70 bits per heavy atom. The van der Waals surface area contributed by atoms with E-state index in [9.17, 15) is 34.5 Å². The van der Waals surface area contributed by atoms with Crippen molar-refractivity contribution in [2.75, 3.05) is 6.61 Å². The number of hydrogen-bond acceptors (Lipinski definition) is 8. The van der Waals surface area contributed by atoms with Crippen molar-refractivity contribution in [2.45, 2.75) is 155 Å². The number of aliphatic hydroxyl groups excluding tert-OH is 3. The molecule has 250 valence electrons. The minimum absolute atomic E-state index is 0.366. The Morgan fingerprint density at radius 2 is 1.21 bits per heavy atom. The van der Waals surface area contributed by atoms with E-state index < -0.39 is 78.6 Å². The third kappa shape index (κ3) is 13.5. The Labute approximate surface area is 258 Å². The smallest absolute Gasteiger partial charge is 0.331 e. The molecule has 0 bridgehead atoms. The van der Waals surface area contributed by atoms with E-state index in [4.69, 9.17) is 4.74 Å². The number of esters is 1. The summed E-state index contributed by atoms with van der Waals surface area (Å²) in [6.07, 6.45) is 10.1. The van der Waals surface area contributed by atoms with Gasteiger partial charge in [-0.05, 0) is 19.3 Å². The fourth-order valence-electron chi connectivity index (χ4n) is 5.44. The van der Waals surface area contributed by atoms with Gasteiger partial charge in [0.15, 0.2) is 6.04 Å². The van der Waals surface area contributed by atoms with Crippen molar-refractivity contribution in [3.8, 4) is 0 Å². The van der Waals surface area contributed by atoms with Crippen LogP contribution in [0.3, 0.4) is 0 Å². The van der Waals surface area contributed by atoms with Crippen LogP contribution in [0.15, 0.2) is 0 Å². The molecule has 0 radical (unpaired) electrons. The number of rotatable bonds is 17. The molecule has 5 unspecified atom stereocenters. The fraction of sp³-hybridized carbons (Fsp3) is 0.875. The van der Waals surface area contributed by atoms with E-state index in [0.717, 1.165) is 25.7 Å². The molecule has 1 aliphatic rings. The zero-order chi connectivity index (χ0) is 32.5. The first kappa shape index (κ1) is 38.8. The lowest BCUT2D eigenvalue weighted by Crippen LogP contribution is -2.60. The highest BCUT2D eigenvalue weighted by Crippen LogP contribution is 2.25. The molecule has 6 N–H and O–H groups in total. The van der Waals surface area contributed by atoms with Crippen LogP contribution < -0.4 is 16.0 Å². The molecule has 0 aromatic carbocycles. The second-order valence-corrected chi connectivity index (χ2v) is 12.6. The van der Waals surface area contributed by atoms with Gasteiger partial charge < -0.3 is 36.0 Å². The van der Waals surface area contributed by atoms with E-state index in [1.165, 1.54) is 51.9 Å². The monoisotopic (exact) mass is 613 g/mol. The van der Waals surface area contributed by atoms with Crippen LogP contribution in [0.25, 0.3) is 0 Å². The van der Waals surface area contributed by atoms with Crippen molar-refractivity contribution in [2.24, 2.45) is 17.8 Å². The molecular formula is C32H59N3O8. The molecule has 3 amide bonds. The van der Waals surface area contributed by atoms with Crippen LogP contribution in [0.2, 0.25) is 0 Å². The molecule has 1 rings (SSSR count). The number of carbonyl (C=O) groups is 4. The number of amides is 3. The summed E-state index contributed by atoms with van der Waals surface area (Å²) in [4.78, 5) is 52.4. The SMILES string of the molecule is CCCCCCCCCCCCC[C@@H](O)[C@H](C)C1OC(=O)C(CO)NC(=O)C(C(C)O)NC(=O)[C@H](C(C)C)NC(=O)C1C. The number of carbonyl (C=O) groups excluding carboxylic acids is 4. The average molecular weight is 614 g/mol. The molecule has 0 spiro atoms. The van der Waals surface area contributed by atoms with Gasteiger partial charge in [0.05, 0.1) is 24.7 Å². The summed E-state index contributed by atoms with van der Waals surface area (Å²) in [5.41, 5.74) is 0. The quantitative estimate of drug-likeness (QED) is 0.107. The summed E-state index contributed by atoms with van der Waals surface area (Å²) in [6.45, 7) is 9.42. The van der Waals surface area contributed by atoms with Crippen LogP contribution in [0.5, 0.6) is 0 Å². The van der Waals surface area contributed by atoms with Gasteiger partial charge in [-0.15, -0.1) is 0 Å². The van der Waals surface area contributed by atoms with Crippen LogP contribution in [0.4, 0.5) is 0 Å². The van der Waals surface area contributed by atoms with Crippen LogP contribution >= 0.6 is 0 Å². The minimum atomic E-state index is -1.50. The predicted molar refractivity (Wildman–Crippen MR) is 165 cm³/mol. The van der Waals surface area contributed by atoms with Gasteiger partial charge in [0, 0.05) is 5.92 Å². The maximum absolute atomic E-state index is 13.4. The zero-order valence-corrected chi connectivity index (χ0v) is 27.3. The summed E-state index contributed by atoms with van der Waals surface area (Å²) in [5, 5.41) is 38.5. The van der Waals surface area contributed by atoms with E-state index in [-0.39, 0.29) is 5.92 Å². The second-order valence-electron chi connectivity index (χ2n) is 12.6. The molecule has 1 heterocycles. The Kier molecular flexibility index (Phi) is 18.6. The van der Waals surface area contributed by atoms with Gasteiger partial charge in [-0.3, -0.25) is 14.4 Å². The van der Waals surface area contributed by atoms with Crippen molar-refractivity contribution in [1.29, 1.82) is 0 Å². The zero-order valence-electron chi connectivity index (χ0n) is 27.3. The standard InChI is InChI=1S/C32H59N3O8/c1-7-8-9-10-11-12-13-14-15-16-17-18-25(38)21(4)28-22(5)29(39)34-26(20(2)3)30(40)35-27(23(6)37)31(41)33-24(19-36)32(42)43-28/h20-28,36-38H,7-19H2,1-6H3,(H,33,41)(H,34,39)(H,35,40)/t21-,22?,23?,24?,25+,26-,27?,28?/m0/s1. The van der Waals surface area contributed by atoms with Crippen molar-refractivity contribution in [3.05, 3.63) is 0 Å². The number of unbranched alkanes of at least 4 members (excludes halogenated alkanes) is 10. The number of ether oxygens (including phenoxy) is 1. The first-order chi connectivity index (χ1) is 20.3. The second kappa shape index (κ2) is 20.7. The fourth-order valence-corrected chi connectivity index (χ4v) is 5.44. The lowest BCUT2D eigenvalue weighted by Gasteiger charge is -2.33. The normalized spacial score (nSPS) is 26.2. The van der Waals surface area contributed by atoms with Crippen LogP contribution in [-0.4, -0.2) is 82.1 Å². The Morgan fingerprint density at radius 1 is 0.721 bits per heavy atom. The summed E-state index contributed by atoms with van der Waals surface area (Å²) >= 11 is 0. The van der Waals surface area contributed by atoms with Gasteiger partial charge in [0.1, 0.15) is 18.2 Å². The highest BCUT2D eigenvalue weighted by molar-refractivity contribution is 5.94. The Balaban J connectivity index is 2.95. The van der Waals surface area contributed by atoms with Crippen LogP contribution in [0.1, 0.15) is 119 Å². The summed E-state index contributed by atoms with van der Waals surface area (Å²) in [5.74, 6) is -5.08. The molecule has 0 aromatic heterocycles. The van der Waals surface area contributed by atoms with Gasteiger partial charge in [-0.1, -0.05) is 105 Å². The molecule has 43 heavy (non-hydrogen) atoms. The van der Waals surface area contributed by atoms with E-state index in [0.29, 0.717) is 6.42 Å². The first-order valence-corrected chi connectivity index (χ1v) is 16.4. The third-order valence-electron chi connectivity index (χ3n) is 8.48. The summed E-state index contributed by atoms with van der Waals surface area (Å²) in [7, 11) is 0. The predicted octanol–water partition coefficient (Wildman–Crippen LogP) is 2.73. The minimum Gasteiger partial charge on any atom is -0.460 e. The van der Waals surface area contributed by atoms with E-state index >= 15 is 0 Å². The number of cyclic esters (lactones) is 1. The van der Waals surface area contributed by atoms with E-state index in [1.54, 1.807) is 27.7 Å². The first-order valence-electron chi connectivity index (χ1n) is 16.4. The molecule has 0 aromatic rings. The molecule has 0 aliphatic carbocycles. The van der Waals surface area contributed by atoms with Gasteiger partial charge >= 0.3 is 5.97 Å². The number of aliphatic hydroxyl groups is 3. The van der Waals surface area contributed by atoms with Crippen molar-refractivity contribution < 1.29 is 39.2 Å². The molecular weight excluding hydrogens is 554 g/mol. The van der Waals surface area contributed by atoms with E-state index in [2.05, 4.69) is 22.9 Å². The van der Waals surface area contributed by atoms with Gasteiger partial charge in [-0.25, -0.2) is 4.79 Å². The topological polar surface area (TPSA) is 174 Å². The van der Waals surface area contributed by atoms with Crippen LogP contribution in [0, 0.1) is 17.8 Å². The van der Waals surface area contributed by atoms with Crippen molar-refractivity contribution >= 4 is 23.7 Å². The van der Waals surface area contributed by atoms with Gasteiger partial charge in [0.2, 0.25) is 17.7 Å². The molecule has 1 saturated heterocycles. The Hall–Kier alpha value is -2.24. The van der Waals surface area contributed by atoms with Crippen molar-refractivity contribution in [1.82, 2.24) is 16.0 Å².